The van der Waals surface area contributed by atoms with E-state index in [-0.39, 0.29) is 6.61 Å². The van der Waals surface area contributed by atoms with Crippen LogP contribution in [0.5, 0.6) is 0 Å². The van der Waals surface area contributed by atoms with E-state index in [1.54, 1.807) is 0 Å². The van der Waals surface area contributed by atoms with Gasteiger partial charge in [-0.05, 0) is 16.7 Å². The highest BCUT2D eigenvalue weighted by Gasteiger charge is 2.53. The fourth-order valence-corrected chi connectivity index (χ4v) is 4.34. The van der Waals surface area contributed by atoms with Gasteiger partial charge >= 0.3 is 0 Å². The van der Waals surface area contributed by atoms with E-state index >= 15 is 0 Å². The number of aliphatic hydroxyl groups is 2. The summed E-state index contributed by atoms with van der Waals surface area (Å²) in [5.74, 6) is -2.31. The summed E-state index contributed by atoms with van der Waals surface area (Å²) in [5, 5.41) is 21.2. The molecule has 0 radical (unpaired) electrons. The fraction of sp³-hybridized carbons (Fsp3) is 0.379. The van der Waals surface area contributed by atoms with Crippen molar-refractivity contribution in [3.8, 4) is 0 Å². The summed E-state index contributed by atoms with van der Waals surface area (Å²) in [6.45, 7) is 2.54. The van der Waals surface area contributed by atoms with Crippen LogP contribution < -0.4 is 0 Å². The molecule has 35 heavy (non-hydrogen) atoms. The molecule has 1 saturated heterocycles. The van der Waals surface area contributed by atoms with Crippen molar-refractivity contribution in [2.75, 3.05) is 13.2 Å². The minimum absolute atomic E-state index is 0.175. The van der Waals surface area contributed by atoms with Gasteiger partial charge in [-0.15, -0.1) is 0 Å². The second kappa shape index (κ2) is 12.4. The van der Waals surface area contributed by atoms with Crippen molar-refractivity contribution in [1.29, 1.82) is 0 Å². The smallest absolute Gasteiger partial charge is 0.194 e. The van der Waals surface area contributed by atoms with Gasteiger partial charge in [-0.2, -0.15) is 0 Å². The second-order valence-corrected chi connectivity index (χ2v) is 8.97. The molecule has 2 N–H and O–H groups in total. The van der Waals surface area contributed by atoms with E-state index in [0.29, 0.717) is 19.8 Å². The molecule has 3 aromatic rings. The van der Waals surface area contributed by atoms with Crippen LogP contribution in [0, 0.1) is 5.92 Å². The number of aliphatic hydroxyl groups excluding tert-OH is 1. The van der Waals surface area contributed by atoms with Crippen LogP contribution in [0.4, 0.5) is 0 Å². The van der Waals surface area contributed by atoms with Gasteiger partial charge in [0.2, 0.25) is 0 Å². The molecule has 3 aromatic carbocycles. The van der Waals surface area contributed by atoms with Crippen molar-refractivity contribution < 1.29 is 29.2 Å². The standard InChI is InChI=1S/C29H34O6/c1-22-27(33-18-24-13-7-3-8-14-24)28(34-19-25-15-9-4-10-16-25)26(35-29(22,31)21-30)20-32-17-23-11-5-2-6-12-23/h2-16,22,26-28,30-31H,17-21H2,1H3. The first-order chi connectivity index (χ1) is 17.1. The van der Waals surface area contributed by atoms with Crippen LogP contribution in [-0.2, 0) is 38.8 Å². The molecule has 0 amide bonds. The molecular weight excluding hydrogens is 444 g/mol. The predicted octanol–water partition coefficient (Wildman–Crippen LogP) is 4.09. The Hall–Kier alpha value is -2.58. The zero-order valence-electron chi connectivity index (χ0n) is 20.0. The molecule has 4 rings (SSSR count). The predicted molar refractivity (Wildman–Crippen MR) is 132 cm³/mol. The highest BCUT2D eigenvalue weighted by Crippen LogP contribution is 2.37. The maximum atomic E-state index is 11.1. The fourth-order valence-electron chi connectivity index (χ4n) is 4.34. The zero-order valence-corrected chi connectivity index (χ0v) is 20.0. The van der Waals surface area contributed by atoms with E-state index in [1.807, 2.05) is 97.9 Å². The van der Waals surface area contributed by atoms with Crippen LogP contribution >= 0.6 is 0 Å². The van der Waals surface area contributed by atoms with Crippen LogP contribution in [-0.4, -0.2) is 47.5 Å². The maximum Gasteiger partial charge on any atom is 0.194 e. The Morgan fingerprint density at radius 1 is 0.714 bits per heavy atom. The average molecular weight is 479 g/mol. The molecule has 6 nitrogen and oxygen atoms in total. The quantitative estimate of drug-likeness (QED) is 0.432. The summed E-state index contributed by atoms with van der Waals surface area (Å²) in [6.07, 6.45) is -1.69. The van der Waals surface area contributed by atoms with Crippen LogP contribution in [0.3, 0.4) is 0 Å². The summed E-state index contributed by atoms with van der Waals surface area (Å²) in [5.41, 5.74) is 3.07. The van der Waals surface area contributed by atoms with Gasteiger partial charge in [0.25, 0.3) is 0 Å². The van der Waals surface area contributed by atoms with Gasteiger partial charge in [-0.25, -0.2) is 0 Å². The Morgan fingerprint density at radius 2 is 1.17 bits per heavy atom. The molecule has 0 saturated carbocycles. The first-order valence-corrected chi connectivity index (χ1v) is 12.0. The zero-order chi connectivity index (χ0) is 24.5. The second-order valence-electron chi connectivity index (χ2n) is 8.97. The average Bonchev–Trinajstić information content (AvgIpc) is 2.91. The normalized spacial score (nSPS) is 26.5. The van der Waals surface area contributed by atoms with Crippen LogP contribution in [0.15, 0.2) is 91.0 Å². The maximum absolute atomic E-state index is 11.1. The topological polar surface area (TPSA) is 77.4 Å². The molecule has 186 valence electrons. The molecule has 0 aliphatic carbocycles. The number of rotatable bonds is 11. The number of hydrogen-bond acceptors (Lipinski definition) is 6. The third-order valence-electron chi connectivity index (χ3n) is 6.44. The van der Waals surface area contributed by atoms with E-state index in [1.165, 1.54) is 0 Å². The first-order valence-electron chi connectivity index (χ1n) is 12.0. The van der Waals surface area contributed by atoms with Crippen LogP contribution in [0.1, 0.15) is 23.6 Å². The number of hydrogen-bond donors (Lipinski definition) is 2. The van der Waals surface area contributed by atoms with Crippen molar-refractivity contribution in [2.24, 2.45) is 5.92 Å². The van der Waals surface area contributed by atoms with E-state index in [0.717, 1.165) is 16.7 Å². The first kappa shape index (κ1) is 25.5. The molecule has 0 bridgehead atoms. The lowest BCUT2D eigenvalue weighted by molar-refractivity contribution is -0.354. The molecule has 1 aliphatic heterocycles. The van der Waals surface area contributed by atoms with Crippen molar-refractivity contribution in [2.45, 2.75) is 50.8 Å². The Balaban J connectivity index is 1.53. The van der Waals surface area contributed by atoms with E-state index in [4.69, 9.17) is 18.9 Å². The summed E-state index contributed by atoms with van der Waals surface area (Å²) in [4.78, 5) is 0. The van der Waals surface area contributed by atoms with E-state index < -0.39 is 36.6 Å². The molecule has 1 fully saturated rings. The monoisotopic (exact) mass is 478 g/mol. The molecule has 1 aliphatic rings. The lowest BCUT2D eigenvalue weighted by Gasteiger charge is -2.49. The van der Waals surface area contributed by atoms with Gasteiger partial charge < -0.3 is 29.2 Å². The molecular formula is C29H34O6. The minimum Gasteiger partial charge on any atom is -0.391 e. The number of benzene rings is 3. The lowest BCUT2D eigenvalue weighted by atomic mass is 9.85. The Bertz CT molecular complexity index is 999. The SMILES string of the molecule is CC1C(OCc2ccccc2)C(OCc2ccccc2)C(COCc2ccccc2)OC1(O)CO. The van der Waals surface area contributed by atoms with Crippen molar-refractivity contribution in [3.63, 3.8) is 0 Å². The van der Waals surface area contributed by atoms with Gasteiger partial charge in [-0.3, -0.25) is 0 Å². The lowest BCUT2D eigenvalue weighted by Crippen LogP contribution is -2.64. The third-order valence-corrected chi connectivity index (χ3v) is 6.44. The molecule has 6 heteroatoms. The molecule has 5 unspecified atom stereocenters. The van der Waals surface area contributed by atoms with E-state index in [2.05, 4.69) is 0 Å². The van der Waals surface area contributed by atoms with Crippen molar-refractivity contribution in [1.82, 2.24) is 0 Å². The van der Waals surface area contributed by atoms with Gasteiger partial charge in [-0.1, -0.05) is 97.9 Å². The summed E-state index contributed by atoms with van der Waals surface area (Å²) < 4.78 is 24.7. The highest BCUT2D eigenvalue weighted by molar-refractivity contribution is 5.15. The number of ether oxygens (including phenoxy) is 4. The van der Waals surface area contributed by atoms with E-state index in [9.17, 15) is 10.2 Å². The van der Waals surface area contributed by atoms with Gasteiger partial charge in [0, 0.05) is 5.92 Å². The van der Waals surface area contributed by atoms with Crippen molar-refractivity contribution in [3.05, 3.63) is 108 Å². The van der Waals surface area contributed by atoms with Crippen LogP contribution in [0.2, 0.25) is 0 Å². The molecule has 1 heterocycles. The molecule has 0 aromatic heterocycles. The van der Waals surface area contributed by atoms with Gasteiger partial charge in [0.05, 0.1) is 39.1 Å². The summed E-state index contributed by atoms with van der Waals surface area (Å²) >= 11 is 0. The Kier molecular flexibility index (Phi) is 9.04. The molecule has 0 spiro atoms. The van der Waals surface area contributed by atoms with Crippen LogP contribution in [0.25, 0.3) is 0 Å². The summed E-state index contributed by atoms with van der Waals surface area (Å²) in [7, 11) is 0. The van der Waals surface area contributed by atoms with Crippen molar-refractivity contribution >= 4 is 0 Å². The Morgan fingerprint density at radius 3 is 1.66 bits per heavy atom. The Labute approximate surface area is 207 Å². The highest BCUT2D eigenvalue weighted by atomic mass is 16.7. The minimum atomic E-state index is -1.77. The molecule has 5 atom stereocenters. The van der Waals surface area contributed by atoms with Gasteiger partial charge in [0.15, 0.2) is 5.79 Å². The third kappa shape index (κ3) is 6.76. The largest absolute Gasteiger partial charge is 0.391 e. The summed E-state index contributed by atoms with van der Waals surface area (Å²) in [6, 6.07) is 29.6. The van der Waals surface area contributed by atoms with Gasteiger partial charge in [0.1, 0.15) is 12.2 Å².